The van der Waals surface area contributed by atoms with Crippen molar-refractivity contribution in [2.75, 3.05) is 0 Å². The largest absolute Gasteiger partial charge is 0.289 e. The second-order valence-corrected chi connectivity index (χ2v) is 9.68. The number of aromatic nitrogens is 4. The van der Waals surface area contributed by atoms with E-state index in [-0.39, 0.29) is 0 Å². The van der Waals surface area contributed by atoms with Gasteiger partial charge in [0.05, 0.1) is 28.9 Å². The van der Waals surface area contributed by atoms with Crippen LogP contribution in [0.1, 0.15) is 22.3 Å². The van der Waals surface area contributed by atoms with Gasteiger partial charge in [0.2, 0.25) is 0 Å². The molecule has 0 radical (unpaired) electrons. The molecule has 2 aliphatic rings. The molecule has 2 aliphatic carbocycles. The molecule has 7 aromatic rings. The van der Waals surface area contributed by atoms with Crippen LogP contribution in [0, 0.1) is 0 Å². The van der Waals surface area contributed by atoms with Crippen molar-refractivity contribution < 1.29 is 0 Å². The van der Waals surface area contributed by atoms with Gasteiger partial charge in [0.25, 0.3) is 0 Å². The molecule has 0 aliphatic heterocycles. The Labute approximate surface area is 200 Å². The fourth-order valence-corrected chi connectivity index (χ4v) is 6.62. The van der Waals surface area contributed by atoms with Crippen LogP contribution in [-0.2, 0) is 12.8 Å². The molecule has 0 spiro atoms. The van der Waals surface area contributed by atoms with E-state index in [9.17, 15) is 0 Å². The molecule has 4 nitrogen and oxygen atoms in total. The summed E-state index contributed by atoms with van der Waals surface area (Å²) in [4.78, 5) is 13.9. The molecular weight excluding hydrogens is 428 g/mol. The van der Waals surface area contributed by atoms with Crippen molar-refractivity contribution in [3.63, 3.8) is 0 Å². The summed E-state index contributed by atoms with van der Waals surface area (Å²) in [5.41, 5.74) is 15.3. The molecule has 0 saturated heterocycles. The molecule has 4 heterocycles. The number of fused-ring (bicyclic) bond motifs is 16. The Kier molecular flexibility index (Phi) is 3.11. The Bertz CT molecular complexity index is 2070. The molecule has 0 amide bonds. The highest BCUT2D eigenvalue weighted by atomic mass is 15.0. The van der Waals surface area contributed by atoms with Gasteiger partial charge in [-0.1, -0.05) is 42.5 Å². The van der Waals surface area contributed by atoms with Gasteiger partial charge in [-0.25, -0.2) is 4.98 Å². The third-order valence-corrected chi connectivity index (χ3v) is 8.03. The van der Waals surface area contributed by atoms with Crippen LogP contribution in [0.25, 0.3) is 60.6 Å². The summed E-state index contributed by atoms with van der Waals surface area (Å²) in [5.74, 6) is 0. The Hall–Kier alpha value is -4.57. The molecule has 0 fully saturated rings. The van der Waals surface area contributed by atoms with Crippen molar-refractivity contribution in [2.24, 2.45) is 0 Å². The van der Waals surface area contributed by atoms with Gasteiger partial charge in [0.15, 0.2) is 0 Å². The minimum absolute atomic E-state index is 0.939. The highest BCUT2D eigenvalue weighted by Gasteiger charge is 2.30. The summed E-state index contributed by atoms with van der Waals surface area (Å²) in [5, 5.41) is 3.70. The lowest BCUT2D eigenvalue weighted by atomic mass is 9.95. The van der Waals surface area contributed by atoms with E-state index >= 15 is 0 Å². The first-order chi connectivity index (χ1) is 17.4. The number of pyridine rings is 3. The van der Waals surface area contributed by atoms with Gasteiger partial charge in [-0.3, -0.25) is 14.4 Å². The summed E-state index contributed by atoms with van der Waals surface area (Å²) < 4.78 is 2.22. The number of nitrogens with zero attached hydrogens (tertiary/aromatic N) is 4. The second kappa shape index (κ2) is 6.10. The highest BCUT2D eigenvalue weighted by molar-refractivity contribution is 6.17. The molecular formula is C31H18N4. The number of imidazole rings is 1. The molecule has 0 atom stereocenters. The van der Waals surface area contributed by atoms with Crippen LogP contribution in [0.5, 0.6) is 0 Å². The standard InChI is InChI=1S/C31H18N4/c1-2-4-19-17(3-1)13-18-5-6-20-21-7-8-23-30(25(21)14-24(20)29(18)19)22-9-11-32-15-27(22)35-28-16-33-12-10-26(28)34-31(23)35/h1-12,15-16H,13-14H2. The lowest BCUT2D eigenvalue weighted by Gasteiger charge is -2.12. The molecule has 4 aromatic heterocycles. The van der Waals surface area contributed by atoms with E-state index in [1.807, 2.05) is 30.9 Å². The fourth-order valence-electron chi connectivity index (χ4n) is 6.62. The van der Waals surface area contributed by atoms with Crippen LogP contribution >= 0.6 is 0 Å². The third kappa shape index (κ3) is 2.11. The van der Waals surface area contributed by atoms with E-state index in [2.05, 4.69) is 69.0 Å². The zero-order valence-corrected chi connectivity index (χ0v) is 18.8. The van der Waals surface area contributed by atoms with Crippen LogP contribution in [0.15, 0.2) is 85.5 Å². The summed E-state index contributed by atoms with van der Waals surface area (Å²) in [6, 6.07) is 22.3. The topological polar surface area (TPSA) is 43.1 Å². The molecule has 0 saturated carbocycles. The molecule has 0 bridgehead atoms. The number of benzene rings is 3. The molecule has 4 heteroatoms. The number of rotatable bonds is 0. The molecule has 3 aromatic carbocycles. The minimum Gasteiger partial charge on any atom is -0.289 e. The quantitative estimate of drug-likeness (QED) is 0.243. The van der Waals surface area contributed by atoms with Gasteiger partial charge in [0.1, 0.15) is 5.65 Å². The zero-order chi connectivity index (χ0) is 22.7. The lowest BCUT2D eigenvalue weighted by Crippen LogP contribution is -1.95. The molecule has 9 rings (SSSR count). The van der Waals surface area contributed by atoms with Gasteiger partial charge in [0, 0.05) is 23.2 Å². The first-order valence-electron chi connectivity index (χ1n) is 12.0. The lowest BCUT2D eigenvalue weighted by molar-refractivity contribution is 1.24. The highest BCUT2D eigenvalue weighted by Crippen LogP contribution is 2.50. The van der Waals surface area contributed by atoms with E-state index in [0.717, 1.165) is 35.0 Å². The predicted octanol–water partition coefficient (Wildman–Crippen LogP) is 6.73. The molecule has 0 unspecified atom stereocenters. The van der Waals surface area contributed by atoms with Crippen LogP contribution in [0.4, 0.5) is 0 Å². The van der Waals surface area contributed by atoms with Gasteiger partial charge < -0.3 is 0 Å². The number of hydrogen-bond acceptors (Lipinski definition) is 3. The fraction of sp³-hybridized carbons (Fsp3) is 0.0645. The van der Waals surface area contributed by atoms with Crippen molar-refractivity contribution in [1.82, 2.24) is 19.4 Å². The maximum Gasteiger partial charge on any atom is 0.146 e. The van der Waals surface area contributed by atoms with E-state index in [1.165, 1.54) is 60.7 Å². The van der Waals surface area contributed by atoms with E-state index in [1.54, 1.807) is 0 Å². The van der Waals surface area contributed by atoms with Crippen molar-refractivity contribution >= 4 is 38.4 Å². The van der Waals surface area contributed by atoms with Crippen molar-refractivity contribution in [1.29, 1.82) is 0 Å². The van der Waals surface area contributed by atoms with Crippen LogP contribution in [0.2, 0.25) is 0 Å². The Morgan fingerprint density at radius 3 is 2.43 bits per heavy atom. The first kappa shape index (κ1) is 17.8. The summed E-state index contributed by atoms with van der Waals surface area (Å²) in [6.07, 6.45) is 9.54. The van der Waals surface area contributed by atoms with E-state index < -0.39 is 0 Å². The minimum atomic E-state index is 0.939. The van der Waals surface area contributed by atoms with Crippen molar-refractivity contribution in [3.8, 4) is 22.3 Å². The smallest absolute Gasteiger partial charge is 0.146 e. The Balaban J connectivity index is 1.42. The maximum atomic E-state index is 5.05. The molecule has 35 heavy (non-hydrogen) atoms. The molecule has 0 N–H and O–H groups in total. The number of hydrogen-bond donors (Lipinski definition) is 0. The van der Waals surface area contributed by atoms with E-state index in [4.69, 9.17) is 4.98 Å². The van der Waals surface area contributed by atoms with Gasteiger partial charge in [-0.05, 0) is 80.9 Å². The van der Waals surface area contributed by atoms with E-state index in [0.29, 0.717) is 0 Å². The van der Waals surface area contributed by atoms with Crippen molar-refractivity contribution in [3.05, 3.63) is 108 Å². The van der Waals surface area contributed by atoms with Crippen LogP contribution in [-0.4, -0.2) is 19.4 Å². The summed E-state index contributed by atoms with van der Waals surface area (Å²) in [7, 11) is 0. The predicted molar refractivity (Wildman–Crippen MR) is 140 cm³/mol. The maximum absolute atomic E-state index is 5.05. The second-order valence-electron chi connectivity index (χ2n) is 9.68. The average Bonchev–Trinajstić information content (AvgIpc) is 3.59. The monoisotopic (exact) mass is 446 g/mol. The summed E-state index contributed by atoms with van der Waals surface area (Å²) in [6.45, 7) is 0. The first-order valence-corrected chi connectivity index (χ1v) is 12.0. The SMILES string of the molecule is c1ccc2c(c1)Cc1ccc3c(c1-2)Cc1c-3ccc2c1c1ccncc1n1c3cnccc3nc21. The molecule has 162 valence electrons. The third-order valence-electron chi connectivity index (χ3n) is 8.03. The van der Waals surface area contributed by atoms with Gasteiger partial charge in [-0.15, -0.1) is 0 Å². The normalized spacial score (nSPS) is 13.5. The van der Waals surface area contributed by atoms with Gasteiger partial charge in [-0.2, -0.15) is 0 Å². The average molecular weight is 447 g/mol. The van der Waals surface area contributed by atoms with Crippen LogP contribution in [0.3, 0.4) is 0 Å². The Morgan fingerprint density at radius 2 is 1.46 bits per heavy atom. The van der Waals surface area contributed by atoms with Crippen molar-refractivity contribution in [2.45, 2.75) is 12.8 Å². The summed E-state index contributed by atoms with van der Waals surface area (Å²) >= 11 is 0. The Morgan fingerprint density at radius 1 is 0.629 bits per heavy atom. The zero-order valence-electron chi connectivity index (χ0n) is 18.8. The van der Waals surface area contributed by atoms with Crippen LogP contribution < -0.4 is 0 Å². The van der Waals surface area contributed by atoms with Gasteiger partial charge >= 0.3 is 0 Å².